The number of para-hydroxylation sites is 1. The zero-order valence-electron chi connectivity index (χ0n) is 9.53. The lowest BCUT2D eigenvalue weighted by Gasteiger charge is -2.03. The third-order valence-corrected chi connectivity index (χ3v) is 2.49. The number of aromatic nitrogens is 2. The van der Waals surface area contributed by atoms with Gasteiger partial charge in [-0.3, -0.25) is 0 Å². The highest BCUT2D eigenvalue weighted by Crippen LogP contribution is 2.27. The Kier molecular flexibility index (Phi) is 2.90. The largest absolute Gasteiger partial charge is 0.421 e. The Bertz CT molecular complexity index is 491. The molecule has 2 rings (SSSR count). The second-order valence-corrected chi connectivity index (χ2v) is 3.79. The molecule has 2 aromatic rings. The van der Waals surface area contributed by atoms with Crippen LogP contribution in [0, 0.1) is 6.92 Å². The molecule has 1 aromatic heterocycles. The Morgan fingerprint density at radius 3 is 2.88 bits per heavy atom. The van der Waals surface area contributed by atoms with Gasteiger partial charge >= 0.3 is 0 Å². The predicted octanol–water partition coefficient (Wildman–Crippen LogP) is 2.58. The predicted molar refractivity (Wildman–Crippen MR) is 62.9 cm³/mol. The Hall–Kier alpha value is -1.84. The molecule has 0 unspecified atom stereocenters. The number of hydrogen-bond donors (Lipinski definition) is 1. The third-order valence-electron chi connectivity index (χ3n) is 2.49. The Labute approximate surface area is 94.5 Å². The van der Waals surface area contributed by atoms with Crippen LogP contribution in [0.15, 0.2) is 22.6 Å². The van der Waals surface area contributed by atoms with E-state index in [4.69, 9.17) is 10.2 Å². The average molecular weight is 217 g/mol. The molecule has 1 aromatic carbocycles. The smallest absolute Gasteiger partial charge is 0.249 e. The molecular formula is C12H15N3O. The minimum absolute atomic E-state index is 0.504. The maximum atomic E-state index is 5.97. The topological polar surface area (TPSA) is 64.9 Å². The zero-order chi connectivity index (χ0) is 11.5. The van der Waals surface area contributed by atoms with Crippen molar-refractivity contribution in [1.82, 2.24) is 10.2 Å². The number of anilines is 1. The van der Waals surface area contributed by atoms with E-state index in [2.05, 4.69) is 17.1 Å². The molecule has 1 heterocycles. The fourth-order valence-electron chi connectivity index (χ4n) is 1.54. The normalized spacial score (nSPS) is 10.6. The first-order valence-electron chi connectivity index (χ1n) is 5.40. The summed E-state index contributed by atoms with van der Waals surface area (Å²) in [6.45, 7) is 4.03. The monoisotopic (exact) mass is 217 g/mol. The van der Waals surface area contributed by atoms with E-state index in [0.717, 1.165) is 24.0 Å². The number of hydrogen-bond acceptors (Lipinski definition) is 4. The Morgan fingerprint density at radius 2 is 2.12 bits per heavy atom. The first-order valence-corrected chi connectivity index (χ1v) is 5.40. The lowest BCUT2D eigenvalue weighted by atomic mass is 10.1. The molecule has 0 bridgehead atoms. The van der Waals surface area contributed by atoms with Gasteiger partial charge in [-0.1, -0.05) is 19.1 Å². The fourth-order valence-corrected chi connectivity index (χ4v) is 1.54. The van der Waals surface area contributed by atoms with Gasteiger partial charge in [0.05, 0.1) is 5.56 Å². The average Bonchev–Trinajstić information content (AvgIpc) is 2.71. The van der Waals surface area contributed by atoms with Crippen molar-refractivity contribution >= 4 is 5.69 Å². The number of benzene rings is 1. The summed E-state index contributed by atoms with van der Waals surface area (Å²) in [6, 6.07) is 5.79. The van der Waals surface area contributed by atoms with Crippen LogP contribution in [0.5, 0.6) is 0 Å². The van der Waals surface area contributed by atoms with Crippen LogP contribution in [0.4, 0.5) is 5.69 Å². The first-order chi connectivity index (χ1) is 7.72. The number of rotatable bonds is 3. The van der Waals surface area contributed by atoms with E-state index in [1.165, 1.54) is 0 Å². The van der Waals surface area contributed by atoms with Crippen molar-refractivity contribution in [2.45, 2.75) is 26.7 Å². The maximum Gasteiger partial charge on any atom is 0.249 e. The van der Waals surface area contributed by atoms with E-state index in [0.29, 0.717) is 17.5 Å². The van der Waals surface area contributed by atoms with Gasteiger partial charge in [0.15, 0.2) is 0 Å². The van der Waals surface area contributed by atoms with Crippen LogP contribution in [0.2, 0.25) is 0 Å². The Balaban J connectivity index is 2.39. The van der Waals surface area contributed by atoms with Crippen molar-refractivity contribution in [3.63, 3.8) is 0 Å². The molecule has 0 aliphatic carbocycles. The number of nitrogen functional groups attached to an aromatic ring is 1. The van der Waals surface area contributed by atoms with Crippen molar-refractivity contribution in [3.8, 4) is 11.5 Å². The molecule has 0 aliphatic heterocycles. The standard InChI is InChI=1S/C12H15N3O/c1-3-5-10-14-15-12(16-10)9-7-4-6-8(2)11(9)13/h4,6-7H,3,5,13H2,1-2H3. The lowest BCUT2D eigenvalue weighted by molar-refractivity contribution is 0.502. The zero-order valence-corrected chi connectivity index (χ0v) is 9.53. The minimum atomic E-state index is 0.504. The summed E-state index contributed by atoms with van der Waals surface area (Å²) < 4.78 is 5.54. The first kappa shape index (κ1) is 10.7. The van der Waals surface area contributed by atoms with Crippen LogP contribution >= 0.6 is 0 Å². The fraction of sp³-hybridized carbons (Fsp3) is 0.333. The molecule has 84 valence electrons. The lowest BCUT2D eigenvalue weighted by Crippen LogP contribution is -1.93. The highest BCUT2D eigenvalue weighted by molar-refractivity contribution is 5.72. The van der Waals surface area contributed by atoms with E-state index < -0.39 is 0 Å². The van der Waals surface area contributed by atoms with Gasteiger partial charge in [0, 0.05) is 12.1 Å². The summed E-state index contributed by atoms with van der Waals surface area (Å²) in [4.78, 5) is 0. The van der Waals surface area contributed by atoms with Gasteiger partial charge in [-0.05, 0) is 25.0 Å². The van der Waals surface area contributed by atoms with Crippen LogP contribution in [-0.4, -0.2) is 10.2 Å². The molecule has 0 amide bonds. The molecule has 0 aliphatic rings. The van der Waals surface area contributed by atoms with E-state index in [1.54, 1.807) is 0 Å². The SMILES string of the molecule is CCCc1nnc(-c2cccc(C)c2N)o1. The van der Waals surface area contributed by atoms with Gasteiger partial charge in [0.25, 0.3) is 0 Å². The van der Waals surface area contributed by atoms with E-state index in [9.17, 15) is 0 Å². The van der Waals surface area contributed by atoms with E-state index in [1.807, 2.05) is 25.1 Å². The van der Waals surface area contributed by atoms with Crippen molar-refractivity contribution in [3.05, 3.63) is 29.7 Å². The van der Waals surface area contributed by atoms with Gasteiger partial charge in [0.2, 0.25) is 11.8 Å². The van der Waals surface area contributed by atoms with Gasteiger partial charge in [-0.25, -0.2) is 0 Å². The van der Waals surface area contributed by atoms with Crippen LogP contribution in [0.3, 0.4) is 0 Å². The molecule has 4 heteroatoms. The van der Waals surface area contributed by atoms with E-state index >= 15 is 0 Å². The van der Waals surface area contributed by atoms with Crippen LogP contribution in [-0.2, 0) is 6.42 Å². The summed E-state index contributed by atoms with van der Waals surface area (Å²) in [5, 5.41) is 7.99. The summed E-state index contributed by atoms with van der Waals surface area (Å²) in [6.07, 6.45) is 1.80. The molecule has 0 radical (unpaired) electrons. The number of nitrogens with two attached hydrogens (primary N) is 1. The van der Waals surface area contributed by atoms with E-state index in [-0.39, 0.29) is 0 Å². The third kappa shape index (κ3) is 1.91. The molecule has 4 nitrogen and oxygen atoms in total. The van der Waals surface area contributed by atoms with Crippen molar-refractivity contribution in [2.24, 2.45) is 0 Å². The number of nitrogens with zero attached hydrogens (tertiary/aromatic N) is 2. The van der Waals surface area contributed by atoms with Gasteiger partial charge in [-0.2, -0.15) is 0 Å². The van der Waals surface area contributed by atoms with Gasteiger partial charge < -0.3 is 10.2 Å². The van der Waals surface area contributed by atoms with Crippen LogP contribution in [0.1, 0.15) is 24.8 Å². The minimum Gasteiger partial charge on any atom is -0.421 e. The maximum absolute atomic E-state index is 5.97. The highest BCUT2D eigenvalue weighted by Gasteiger charge is 2.11. The van der Waals surface area contributed by atoms with Crippen molar-refractivity contribution < 1.29 is 4.42 Å². The molecule has 0 saturated carbocycles. The highest BCUT2D eigenvalue weighted by atomic mass is 16.4. The molecular weight excluding hydrogens is 202 g/mol. The second-order valence-electron chi connectivity index (χ2n) is 3.79. The Morgan fingerprint density at radius 1 is 1.31 bits per heavy atom. The summed E-state index contributed by atoms with van der Waals surface area (Å²) in [5.74, 6) is 1.17. The quantitative estimate of drug-likeness (QED) is 0.802. The van der Waals surface area contributed by atoms with Crippen LogP contribution in [0.25, 0.3) is 11.5 Å². The number of aryl methyl sites for hydroxylation is 2. The molecule has 0 saturated heterocycles. The van der Waals surface area contributed by atoms with Gasteiger partial charge in [0.1, 0.15) is 0 Å². The van der Waals surface area contributed by atoms with Crippen molar-refractivity contribution in [1.29, 1.82) is 0 Å². The van der Waals surface area contributed by atoms with Gasteiger partial charge in [-0.15, -0.1) is 10.2 Å². The molecule has 0 fully saturated rings. The molecule has 16 heavy (non-hydrogen) atoms. The van der Waals surface area contributed by atoms with Crippen LogP contribution < -0.4 is 5.73 Å². The molecule has 2 N–H and O–H groups in total. The second kappa shape index (κ2) is 4.35. The molecule has 0 spiro atoms. The van der Waals surface area contributed by atoms with Crippen molar-refractivity contribution in [2.75, 3.05) is 5.73 Å². The molecule has 0 atom stereocenters. The summed E-state index contributed by atoms with van der Waals surface area (Å²) in [7, 11) is 0. The summed E-state index contributed by atoms with van der Waals surface area (Å²) >= 11 is 0. The summed E-state index contributed by atoms with van der Waals surface area (Å²) in [5.41, 5.74) is 8.51.